The average molecular weight is 462 g/mol. The molecule has 0 atom stereocenters. The minimum absolute atomic E-state index is 0.000819. The van der Waals surface area contributed by atoms with Gasteiger partial charge in [0.15, 0.2) is 0 Å². The number of hydrogen-bond acceptors (Lipinski definition) is 7. The number of carbonyl (C=O) groups is 2. The Labute approximate surface area is 187 Å². The number of anilines is 1. The highest BCUT2D eigenvalue weighted by atomic mass is 32.2. The summed E-state index contributed by atoms with van der Waals surface area (Å²) in [4.78, 5) is 31.3. The first-order valence-corrected chi connectivity index (χ1v) is 11.6. The van der Waals surface area contributed by atoms with Gasteiger partial charge in [0, 0.05) is 39.3 Å². The molecule has 0 unspecified atom stereocenters. The van der Waals surface area contributed by atoms with Crippen molar-refractivity contribution in [3.05, 3.63) is 53.7 Å². The van der Waals surface area contributed by atoms with Gasteiger partial charge in [-0.2, -0.15) is 0 Å². The number of rotatable bonds is 8. The smallest absolute Gasteiger partial charge is 0.251 e. The van der Waals surface area contributed by atoms with E-state index in [1.165, 1.54) is 38.4 Å². The molecule has 0 radical (unpaired) electrons. The Morgan fingerprint density at radius 2 is 1.84 bits per heavy atom. The molecule has 1 aliphatic rings. The van der Waals surface area contributed by atoms with E-state index in [9.17, 15) is 18.0 Å². The van der Waals surface area contributed by atoms with Crippen molar-refractivity contribution in [2.45, 2.75) is 11.4 Å². The second-order valence-corrected chi connectivity index (χ2v) is 9.60. The van der Waals surface area contributed by atoms with Gasteiger partial charge in [0.05, 0.1) is 30.3 Å². The van der Waals surface area contributed by atoms with Crippen molar-refractivity contribution in [2.24, 2.45) is 0 Å². The molecule has 32 heavy (non-hydrogen) atoms. The summed E-state index contributed by atoms with van der Waals surface area (Å²) in [5, 5.41) is 5.16. The molecule has 172 valence electrons. The van der Waals surface area contributed by atoms with E-state index in [1.807, 2.05) is 12.1 Å². The van der Waals surface area contributed by atoms with E-state index < -0.39 is 21.8 Å². The van der Waals surface area contributed by atoms with E-state index in [2.05, 4.69) is 20.5 Å². The lowest BCUT2D eigenvalue weighted by molar-refractivity contribution is -0.115. The first kappa shape index (κ1) is 23.8. The number of nitrogens with one attached hydrogen (secondary N) is 2. The molecule has 2 amide bonds. The van der Waals surface area contributed by atoms with Gasteiger partial charge in [-0.1, -0.05) is 12.1 Å². The Balaban J connectivity index is 1.55. The number of benzene rings is 1. The highest BCUT2D eigenvalue weighted by Crippen LogP contribution is 2.15. The Hall–Kier alpha value is -2.86. The standard InChI is InChI=1S/C21H27N5O5S/c1-25(2)32(29,30)18-7-3-5-16(13-18)21(28)22-14-20(27)24-19-8-4-6-17(23-19)15-26-9-11-31-12-10-26/h3-8,13H,9-12,14-15H2,1-2H3,(H,22,28)(H,23,24,27). The Kier molecular flexibility index (Phi) is 7.91. The van der Waals surface area contributed by atoms with Gasteiger partial charge in [-0.25, -0.2) is 17.7 Å². The fourth-order valence-electron chi connectivity index (χ4n) is 3.08. The van der Waals surface area contributed by atoms with Crippen LogP contribution in [0.15, 0.2) is 47.4 Å². The van der Waals surface area contributed by atoms with Crippen molar-refractivity contribution >= 4 is 27.7 Å². The molecule has 1 aromatic carbocycles. The summed E-state index contributed by atoms with van der Waals surface area (Å²) in [5.41, 5.74) is 0.971. The Morgan fingerprint density at radius 1 is 1.12 bits per heavy atom. The lowest BCUT2D eigenvalue weighted by atomic mass is 10.2. The molecule has 1 saturated heterocycles. The van der Waals surface area contributed by atoms with Gasteiger partial charge in [0.2, 0.25) is 15.9 Å². The SMILES string of the molecule is CN(C)S(=O)(=O)c1cccc(C(=O)NCC(=O)Nc2cccc(CN3CCOCC3)n2)c1. The molecule has 0 spiro atoms. The van der Waals surface area contributed by atoms with Gasteiger partial charge in [-0.05, 0) is 30.3 Å². The minimum Gasteiger partial charge on any atom is -0.379 e. The summed E-state index contributed by atoms with van der Waals surface area (Å²) in [6, 6.07) is 11.0. The van der Waals surface area contributed by atoms with Crippen LogP contribution in [0.4, 0.5) is 5.82 Å². The van der Waals surface area contributed by atoms with Crippen LogP contribution in [0, 0.1) is 0 Å². The van der Waals surface area contributed by atoms with Crippen molar-refractivity contribution in [1.82, 2.24) is 19.5 Å². The zero-order valence-electron chi connectivity index (χ0n) is 18.1. The molecule has 11 heteroatoms. The summed E-state index contributed by atoms with van der Waals surface area (Å²) in [6.07, 6.45) is 0. The van der Waals surface area contributed by atoms with Crippen molar-refractivity contribution in [2.75, 3.05) is 52.3 Å². The van der Waals surface area contributed by atoms with Crippen LogP contribution < -0.4 is 10.6 Å². The van der Waals surface area contributed by atoms with Crippen LogP contribution in [0.25, 0.3) is 0 Å². The first-order chi connectivity index (χ1) is 15.3. The molecule has 1 fully saturated rings. The highest BCUT2D eigenvalue weighted by molar-refractivity contribution is 7.89. The lowest BCUT2D eigenvalue weighted by Gasteiger charge is -2.26. The average Bonchev–Trinajstić information content (AvgIpc) is 2.78. The van der Waals surface area contributed by atoms with E-state index in [0.717, 1.165) is 23.1 Å². The zero-order chi connectivity index (χ0) is 23.1. The zero-order valence-corrected chi connectivity index (χ0v) is 18.9. The van der Waals surface area contributed by atoms with Crippen LogP contribution in [0.5, 0.6) is 0 Å². The number of hydrogen-bond donors (Lipinski definition) is 2. The second kappa shape index (κ2) is 10.6. The lowest BCUT2D eigenvalue weighted by Crippen LogP contribution is -2.36. The van der Waals surface area contributed by atoms with Crippen LogP contribution in [0.2, 0.25) is 0 Å². The summed E-state index contributed by atoms with van der Waals surface area (Å²) >= 11 is 0. The maximum Gasteiger partial charge on any atom is 0.251 e. The first-order valence-electron chi connectivity index (χ1n) is 10.1. The molecule has 0 bridgehead atoms. The molecule has 2 heterocycles. The summed E-state index contributed by atoms with van der Waals surface area (Å²) in [7, 11) is -0.838. The van der Waals surface area contributed by atoms with Crippen molar-refractivity contribution in [1.29, 1.82) is 0 Å². The van der Waals surface area contributed by atoms with Crippen LogP contribution in [-0.4, -0.2) is 81.4 Å². The topological polar surface area (TPSA) is 121 Å². The van der Waals surface area contributed by atoms with Crippen LogP contribution in [-0.2, 0) is 26.1 Å². The number of morpholine rings is 1. The van der Waals surface area contributed by atoms with E-state index in [-0.39, 0.29) is 17.0 Å². The van der Waals surface area contributed by atoms with Crippen molar-refractivity contribution in [3.8, 4) is 0 Å². The minimum atomic E-state index is -3.66. The molecular weight excluding hydrogens is 434 g/mol. The normalized spacial score (nSPS) is 14.8. The van der Waals surface area contributed by atoms with E-state index in [0.29, 0.717) is 25.6 Å². The molecule has 2 aromatic rings. The molecule has 2 N–H and O–H groups in total. The van der Waals surface area contributed by atoms with Crippen molar-refractivity contribution in [3.63, 3.8) is 0 Å². The van der Waals surface area contributed by atoms with Gasteiger partial charge < -0.3 is 15.4 Å². The molecule has 0 aliphatic carbocycles. The molecule has 0 saturated carbocycles. The highest BCUT2D eigenvalue weighted by Gasteiger charge is 2.19. The molecule has 1 aliphatic heterocycles. The number of ether oxygens (including phenoxy) is 1. The van der Waals surface area contributed by atoms with Gasteiger partial charge in [0.25, 0.3) is 5.91 Å². The Morgan fingerprint density at radius 3 is 2.56 bits per heavy atom. The third-order valence-electron chi connectivity index (χ3n) is 4.85. The van der Waals surface area contributed by atoms with E-state index in [4.69, 9.17) is 4.74 Å². The monoisotopic (exact) mass is 461 g/mol. The summed E-state index contributed by atoms with van der Waals surface area (Å²) < 4.78 is 30.9. The number of nitrogens with zero attached hydrogens (tertiary/aromatic N) is 3. The number of aromatic nitrogens is 1. The predicted octanol–water partition coefficient (Wildman–Crippen LogP) is 0.533. The third-order valence-corrected chi connectivity index (χ3v) is 6.66. The van der Waals surface area contributed by atoms with Gasteiger partial charge >= 0.3 is 0 Å². The van der Waals surface area contributed by atoms with E-state index in [1.54, 1.807) is 6.07 Å². The van der Waals surface area contributed by atoms with Gasteiger partial charge in [0.1, 0.15) is 5.82 Å². The summed E-state index contributed by atoms with van der Waals surface area (Å²) in [6.45, 7) is 3.44. The largest absolute Gasteiger partial charge is 0.379 e. The fraction of sp³-hybridized carbons (Fsp3) is 0.381. The second-order valence-electron chi connectivity index (χ2n) is 7.45. The van der Waals surface area contributed by atoms with Gasteiger partial charge in [-0.15, -0.1) is 0 Å². The fourth-order valence-corrected chi connectivity index (χ4v) is 4.03. The molecular formula is C21H27N5O5S. The van der Waals surface area contributed by atoms with Crippen LogP contribution in [0.3, 0.4) is 0 Å². The Bertz CT molecular complexity index is 1070. The number of pyridine rings is 1. The number of amides is 2. The molecule has 3 rings (SSSR count). The van der Waals surface area contributed by atoms with E-state index >= 15 is 0 Å². The predicted molar refractivity (Wildman–Crippen MR) is 119 cm³/mol. The van der Waals surface area contributed by atoms with Crippen LogP contribution >= 0.6 is 0 Å². The van der Waals surface area contributed by atoms with Crippen LogP contribution in [0.1, 0.15) is 16.1 Å². The van der Waals surface area contributed by atoms with Gasteiger partial charge in [-0.3, -0.25) is 14.5 Å². The third kappa shape index (κ3) is 6.33. The number of carbonyl (C=O) groups excluding carboxylic acids is 2. The summed E-state index contributed by atoms with van der Waals surface area (Å²) in [5.74, 6) is -0.592. The quantitative estimate of drug-likeness (QED) is 0.588. The molecule has 1 aromatic heterocycles. The van der Waals surface area contributed by atoms with Crippen molar-refractivity contribution < 1.29 is 22.7 Å². The maximum atomic E-state index is 12.4. The maximum absolute atomic E-state index is 12.4. The number of sulfonamides is 1. The molecule has 10 nitrogen and oxygen atoms in total.